The van der Waals surface area contributed by atoms with Crippen LogP contribution in [0.3, 0.4) is 0 Å². The van der Waals surface area contributed by atoms with Crippen LogP contribution in [0.25, 0.3) is 11.0 Å². The van der Waals surface area contributed by atoms with Gasteiger partial charge in [0, 0.05) is 11.4 Å². The van der Waals surface area contributed by atoms with Crippen LogP contribution in [0.4, 0.5) is 14.7 Å². The van der Waals surface area contributed by atoms with E-state index in [1.54, 1.807) is 6.07 Å². The number of hydrogen-bond donors (Lipinski definition) is 1. The summed E-state index contributed by atoms with van der Waals surface area (Å²) < 4.78 is 29.4. The molecule has 3 rings (SSSR count). The molecule has 2 N–H and O–H groups in total. The van der Waals surface area contributed by atoms with E-state index in [2.05, 4.69) is 4.98 Å². The number of thiophene rings is 1. The van der Waals surface area contributed by atoms with E-state index in [1.165, 1.54) is 22.0 Å². The topological polar surface area (TPSA) is 43.8 Å². The molecule has 2 aromatic heterocycles. The van der Waals surface area contributed by atoms with Crippen LogP contribution in [0.5, 0.6) is 0 Å². The van der Waals surface area contributed by atoms with Gasteiger partial charge in [0.15, 0.2) is 11.6 Å². The molecule has 0 spiro atoms. The second-order valence-corrected chi connectivity index (χ2v) is 6.11. The second kappa shape index (κ2) is 5.03. The SMILES string of the molecule is Nc1nc2ccc(F)c(F)c2n1CCc1ccc(Cl)s1. The number of aromatic nitrogens is 2. The number of nitrogens with zero attached hydrogens (tertiary/aromatic N) is 2. The maximum absolute atomic E-state index is 13.9. The van der Waals surface area contributed by atoms with Gasteiger partial charge in [0.2, 0.25) is 5.95 Å². The van der Waals surface area contributed by atoms with Gasteiger partial charge in [-0.2, -0.15) is 0 Å². The molecule has 104 valence electrons. The van der Waals surface area contributed by atoms with Gasteiger partial charge in [-0.1, -0.05) is 11.6 Å². The fourth-order valence-corrected chi connectivity index (χ4v) is 3.19. The maximum Gasteiger partial charge on any atom is 0.201 e. The van der Waals surface area contributed by atoms with Crippen LogP contribution in [0.15, 0.2) is 24.3 Å². The normalized spacial score (nSPS) is 11.3. The van der Waals surface area contributed by atoms with E-state index in [0.717, 1.165) is 10.9 Å². The van der Waals surface area contributed by atoms with Crippen molar-refractivity contribution in [3.63, 3.8) is 0 Å². The first-order valence-corrected chi connectivity index (χ1v) is 7.09. The van der Waals surface area contributed by atoms with Crippen LogP contribution in [0.1, 0.15) is 4.88 Å². The summed E-state index contributed by atoms with van der Waals surface area (Å²) in [5.41, 5.74) is 6.24. The quantitative estimate of drug-likeness (QED) is 0.798. The molecule has 0 aliphatic heterocycles. The Hall–Kier alpha value is -1.66. The van der Waals surface area contributed by atoms with Crippen molar-refractivity contribution >= 4 is 39.9 Å². The first-order valence-electron chi connectivity index (χ1n) is 5.90. The molecule has 0 bridgehead atoms. The zero-order valence-electron chi connectivity index (χ0n) is 10.2. The third-order valence-corrected chi connectivity index (χ3v) is 4.33. The highest BCUT2D eigenvalue weighted by Crippen LogP contribution is 2.25. The third kappa shape index (κ3) is 2.25. The summed E-state index contributed by atoms with van der Waals surface area (Å²) in [6.45, 7) is 0.416. The third-order valence-electron chi connectivity index (χ3n) is 3.04. The summed E-state index contributed by atoms with van der Waals surface area (Å²) in [7, 11) is 0. The zero-order valence-corrected chi connectivity index (χ0v) is 11.8. The number of rotatable bonds is 3. The molecule has 3 nitrogen and oxygen atoms in total. The van der Waals surface area contributed by atoms with Gasteiger partial charge >= 0.3 is 0 Å². The van der Waals surface area contributed by atoms with Crippen molar-refractivity contribution in [2.75, 3.05) is 5.73 Å². The summed E-state index contributed by atoms with van der Waals surface area (Å²) in [6, 6.07) is 6.17. The van der Waals surface area contributed by atoms with Crippen molar-refractivity contribution in [3.05, 3.63) is 45.1 Å². The van der Waals surface area contributed by atoms with Crippen LogP contribution < -0.4 is 5.73 Å². The Kier molecular flexibility index (Phi) is 3.35. The Labute approximate surface area is 122 Å². The number of hydrogen-bond acceptors (Lipinski definition) is 3. The first-order chi connectivity index (χ1) is 9.56. The Morgan fingerprint density at radius 3 is 2.75 bits per heavy atom. The number of aryl methyl sites for hydroxylation is 2. The molecular weight excluding hydrogens is 304 g/mol. The van der Waals surface area contributed by atoms with E-state index in [9.17, 15) is 8.78 Å². The highest BCUT2D eigenvalue weighted by atomic mass is 35.5. The second-order valence-electron chi connectivity index (χ2n) is 4.31. The number of halogens is 3. The lowest BCUT2D eigenvalue weighted by molar-refractivity contribution is 0.511. The average molecular weight is 314 g/mol. The Balaban J connectivity index is 1.98. The van der Waals surface area contributed by atoms with Gasteiger partial charge in [-0.3, -0.25) is 0 Å². The highest BCUT2D eigenvalue weighted by Gasteiger charge is 2.16. The fraction of sp³-hybridized carbons (Fsp3) is 0.154. The van der Waals surface area contributed by atoms with Gasteiger partial charge in [0.25, 0.3) is 0 Å². The molecule has 20 heavy (non-hydrogen) atoms. The predicted octanol–water partition coefficient (Wildman–Crippen LogP) is 3.85. The van der Waals surface area contributed by atoms with Crippen LogP contribution in [0.2, 0.25) is 4.34 Å². The minimum absolute atomic E-state index is 0.102. The first kappa shape index (κ1) is 13.3. The lowest BCUT2D eigenvalue weighted by Gasteiger charge is -2.06. The molecular formula is C13H10ClF2N3S. The molecule has 0 unspecified atom stereocenters. The average Bonchev–Trinajstić information content (AvgIpc) is 2.95. The largest absolute Gasteiger partial charge is 0.369 e. The Morgan fingerprint density at radius 1 is 1.25 bits per heavy atom. The van der Waals surface area contributed by atoms with Gasteiger partial charge in [-0.15, -0.1) is 11.3 Å². The van der Waals surface area contributed by atoms with Gasteiger partial charge < -0.3 is 10.3 Å². The smallest absolute Gasteiger partial charge is 0.201 e. The minimum Gasteiger partial charge on any atom is -0.369 e. The molecule has 7 heteroatoms. The van der Waals surface area contributed by atoms with Crippen molar-refractivity contribution in [3.8, 4) is 0 Å². The zero-order chi connectivity index (χ0) is 14.3. The van der Waals surface area contributed by atoms with Gasteiger partial charge in [-0.05, 0) is 30.7 Å². The molecule has 3 aromatic rings. The molecule has 0 aliphatic carbocycles. The fourth-order valence-electron chi connectivity index (χ4n) is 2.11. The van der Waals surface area contributed by atoms with Crippen molar-refractivity contribution in [2.45, 2.75) is 13.0 Å². The van der Waals surface area contributed by atoms with Crippen molar-refractivity contribution in [2.24, 2.45) is 0 Å². The number of benzene rings is 1. The van der Waals surface area contributed by atoms with Crippen molar-refractivity contribution < 1.29 is 8.78 Å². The minimum atomic E-state index is -0.920. The molecule has 0 amide bonds. The Bertz CT molecular complexity index is 781. The summed E-state index contributed by atoms with van der Waals surface area (Å²) in [5, 5.41) is 0. The van der Waals surface area contributed by atoms with Gasteiger partial charge in [-0.25, -0.2) is 13.8 Å². The highest BCUT2D eigenvalue weighted by molar-refractivity contribution is 7.16. The lowest BCUT2D eigenvalue weighted by atomic mass is 10.2. The number of fused-ring (bicyclic) bond motifs is 1. The standard InChI is InChI=1S/C13H10ClF2N3S/c14-10-4-1-7(20-10)5-6-19-12-9(18-13(19)17)3-2-8(15)11(12)16/h1-4H,5-6H2,(H2,17,18). The number of imidazole rings is 1. The monoisotopic (exact) mass is 313 g/mol. The lowest BCUT2D eigenvalue weighted by Crippen LogP contribution is -2.06. The molecule has 2 heterocycles. The summed E-state index contributed by atoms with van der Waals surface area (Å²) in [5.74, 6) is -1.65. The van der Waals surface area contributed by atoms with E-state index >= 15 is 0 Å². The number of nitrogens with two attached hydrogens (primary N) is 1. The van der Waals surface area contributed by atoms with Crippen LogP contribution in [-0.2, 0) is 13.0 Å². The van der Waals surface area contributed by atoms with Gasteiger partial charge in [0.05, 0.1) is 9.85 Å². The summed E-state index contributed by atoms with van der Waals surface area (Å²) in [4.78, 5) is 5.09. The molecule has 0 saturated heterocycles. The summed E-state index contributed by atoms with van der Waals surface area (Å²) >= 11 is 7.31. The summed E-state index contributed by atoms with van der Waals surface area (Å²) in [6.07, 6.45) is 0.628. The molecule has 0 atom stereocenters. The van der Waals surface area contributed by atoms with Crippen LogP contribution in [0, 0.1) is 11.6 Å². The predicted molar refractivity (Wildman–Crippen MR) is 77.1 cm³/mol. The molecule has 0 aliphatic rings. The maximum atomic E-state index is 13.9. The van der Waals surface area contributed by atoms with Gasteiger partial charge in [0.1, 0.15) is 5.52 Å². The van der Waals surface area contributed by atoms with Crippen molar-refractivity contribution in [1.29, 1.82) is 0 Å². The van der Waals surface area contributed by atoms with E-state index in [4.69, 9.17) is 17.3 Å². The van der Waals surface area contributed by atoms with E-state index in [1.807, 2.05) is 6.07 Å². The molecule has 0 fully saturated rings. The molecule has 0 radical (unpaired) electrons. The van der Waals surface area contributed by atoms with E-state index in [0.29, 0.717) is 22.8 Å². The van der Waals surface area contributed by atoms with E-state index in [-0.39, 0.29) is 11.5 Å². The molecule has 1 aromatic carbocycles. The van der Waals surface area contributed by atoms with Crippen LogP contribution in [-0.4, -0.2) is 9.55 Å². The Morgan fingerprint density at radius 2 is 2.05 bits per heavy atom. The number of nitrogen functional groups attached to an aromatic ring is 1. The van der Waals surface area contributed by atoms with Crippen LogP contribution >= 0.6 is 22.9 Å². The molecule has 0 saturated carbocycles. The number of anilines is 1. The van der Waals surface area contributed by atoms with Crippen molar-refractivity contribution in [1.82, 2.24) is 9.55 Å². The van der Waals surface area contributed by atoms with E-state index < -0.39 is 11.6 Å².